The van der Waals surface area contributed by atoms with Crippen LogP contribution in [0.25, 0.3) is 5.69 Å². The second-order valence-corrected chi connectivity index (χ2v) is 8.21. The van der Waals surface area contributed by atoms with Gasteiger partial charge in [-0.2, -0.15) is 0 Å². The lowest BCUT2D eigenvalue weighted by atomic mass is 10.2. The summed E-state index contributed by atoms with van der Waals surface area (Å²) in [5.74, 6) is 1.93. The Kier molecular flexibility index (Phi) is 5.89. The molecule has 1 amide bonds. The fourth-order valence-corrected chi connectivity index (χ4v) is 4.25. The van der Waals surface area contributed by atoms with E-state index in [0.29, 0.717) is 12.3 Å². The Hall–Kier alpha value is -2.74. The first kappa shape index (κ1) is 19.6. The van der Waals surface area contributed by atoms with E-state index in [1.807, 2.05) is 12.1 Å². The normalized spacial score (nSPS) is 13.8. The molecule has 0 aliphatic carbocycles. The number of aryl methyl sites for hydroxylation is 1. The van der Waals surface area contributed by atoms with Gasteiger partial charge in [-0.05, 0) is 44.0 Å². The molecule has 1 saturated heterocycles. The maximum Gasteiger partial charge on any atom is 0.233 e. The van der Waals surface area contributed by atoms with Gasteiger partial charge in [0.2, 0.25) is 11.9 Å². The molecule has 1 fully saturated rings. The first-order chi connectivity index (χ1) is 14.1. The monoisotopic (exact) mass is 411 g/mol. The lowest BCUT2D eigenvalue weighted by Crippen LogP contribution is -2.27. The van der Waals surface area contributed by atoms with Crippen molar-refractivity contribution in [3.05, 3.63) is 54.0 Å². The number of amides is 1. The van der Waals surface area contributed by atoms with Gasteiger partial charge in [0.25, 0.3) is 0 Å². The molecule has 3 heterocycles. The van der Waals surface area contributed by atoms with Crippen LogP contribution >= 0.6 is 11.8 Å². The summed E-state index contributed by atoms with van der Waals surface area (Å²) in [6.07, 6.45) is 3.95. The van der Waals surface area contributed by atoms with Crippen molar-refractivity contribution < 1.29 is 9.21 Å². The number of rotatable bonds is 7. The van der Waals surface area contributed by atoms with Gasteiger partial charge in [0.1, 0.15) is 5.76 Å². The van der Waals surface area contributed by atoms with Crippen LogP contribution in [0.2, 0.25) is 0 Å². The summed E-state index contributed by atoms with van der Waals surface area (Å²) in [7, 11) is 1.78. The summed E-state index contributed by atoms with van der Waals surface area (Å²) in [6.45, 7) is 4.50. The second-order valence-electron chi connectivity index (χ2n) is 7.27. The zero-order valence-electron chi connectivity index (χ0n) is 16.7. The van der Waals surface area contributed by atoms with E-state index < -0.39 is 0 Å². The highest BCUT2D eigenvalue weighted by atomic mass is 32.2. The Morgan fingerprint density at radius 1 is 1.17 bits per heavy atom. The highest BCUT2D eigenvalue weighted by Gasteiger charge is 2.23. The Balaban J connectivity index is 1.52. The van der Waals surface area contributed by atoms with Crippen molar-refractivity contribution in [2.24, 2.45) is 0 Å². The van der Waals surface area contributed by atoms with Gasteiger partial charge in [-0.1, -0.05) is 29.5 Å². The predicted octanol–water partition coefficient (Wildman–Crippen LogP) is 3.52. The van der Waals surface area contributed by atoms with Gasteiger partial charge in [-0.15, -0.1) is 10.2 Å². The Morgan fingerprint density at radius 3 is 2.62 bits per heavy atom. The summed E-state index contributed by atoms with van der Waals surface area (Å²) in [5.41, 5.74) is 2.22. The van der Waals surface area contributed by atoms with Crippen LogP contribution in [0.5, 0.6) is 0 Å². The summed E-state index contributed by atoms with van der Waals surface area (Å²) in [6, 6.07) is 12.0. The van der Waals surface area contributed by atoms with Crippen LogP contribution in [0.15, 0.2) is 52.2 Å². The van der Waals surface area contributed by atoms with Crippen molar-refractivity contribution in [3.63, 3.8) is 0 Å². The van der Waals surface area contributed by atoms with Crippen molar-refractivity contribution in [2.45, 2.75) is 31.5 Å². The molecule has 8 heteroatoms. The number of thioether (sulfide) groups is 1. The molecule has 7 nitrogen and oxygen atoms in total. The highest BCUT2D eigenvalue weighted by molar-refractivity contribution is 7.99. The lowest BCUT2D eigenvalue weighted by Gasteiger charge is -2.19. The van der Waals surface area contributed by atoms with Gasteiger partial charge < -0.3 is 14.2 Å². The standard InChI is InChI=1S/C21H25N5O2S/c1-16-7-9-17(10-8-16)26-20(25-11-3-4-12-25)22-23-21(26)29-15-19(27)24(2)14-18-6-5-13-28-18/h5-10,13H,3-4,11-12,14-15H2,1-2H3. The van der Waals surface area contributed by atoms with Gasteiger partial charge in [-0.3, -0.25) is 9.36 Å². The molecule has 1 aromatic carbocycles. The van der Waals surface area contributed by atoms with Crippen molar-refractivity contribution in [3.8, 4) is 5.69 Å². The average Bonchev–Trinajstić information content (AvgIpc) is 3.48. The Labute approximate surface area is 174 Å². The summed E-state index contributed by atoms with van der Waals surface area (Å²) < 4.78 is 7.40. The van der Waals surface area contributed by atoms with E-state index in [1.54, 1.807) is 18.2 Å². The van der Waals surface area contributed by atoms with Crippen molar-refractivity contribution >= 4 is 23.6 Å². The number of carbonyl (C=O) groups is 1. The Morgan fingerprint density at radius 2 is 1.93 bits per heavy atom. The lowest BCUT2D eigenvalue weighted by molar-refractivity contribution is -0.127. The molecular weight excluding hydrogens is 386 g/mol. The molecule has 152 valence electrons. The maximum atomic E-state index is 12.6. The molecule has 0 saturated carbocycles. The van der Waals surface area contributed by atoms with Crippen molar-refractivity contribution in [1.82, 2.24) is 19.7 Å². The van der Waals surface area contributed by atoms with E-state index in [-0.39, 0.29) is 5.91 Å². The van der Waals surface area contributed by atoms with Gasteiger partial charge >= 0.3 is 0 Å². The van der Waals surface area contributed by atoms with Gasteiger partial charge in [0.15, 0.2) is 5.16 Å². The number of furan rings is 1. The third-order valence-electron chi connectivity index (χ3n) is 5.02. The third-order valence-corrected chi connectivity index (χ3v) is 5.93. The molecule has 4 rings (SSSR count). The first-order valence-electron chi connectivity index (χ1n) is 9.78. The summed E-state index contributed by atoms with van der Waals surface area (Å²) in [4.78, 5) is 16.5. The van der Waals surface area contributed by atoms with E-state index in [4.69, 9.17) is 4.42 Å². The molecule has 0 radical (unpaired) electrons. The molecule has 0 unspecified atom stereocenters. The molecule has 1 aliphatic heterocycles. The minimum atomic E-state index is 0.0209. The number of nitrogens with zero attached hydrogens (tertiary/aromatic N) is 5. The van der Waals surface area contributed by atoms with E-state index in [9.17, 15) is 4.79 Å². The van der Waals surface area contributed by atoms with Crippen LogP contribution in [0, 0.1) is 6.92 Å². The number of benzene rings is 1. The highest BCUT2D eigenvalue weighted by Crippen LogP contribution is 2.29. The molecule has 0 bridgehead atoms. The molecule has 0 atom stereocenters. The van der Waals surface area contributed by atoms with Crippen molar-refractivity contribution in [1.29, 1.82) is 0 Å². The van der Waals surface area contributed by atoms with E-state index >= 15 is 0 Å². The molecule has 29 heavy (non-hydrogen) atoms. The van der Waals surface area contributed by atoms with E-state index in [1.165, 1.54) is 30.2 Å². The van der Waals surface area contributed by atoms with E-state index in [2.05, 4.69) is 50.9 Å². The predicted molar refractivity (Wildman–Crippen MR) is 113 cm³/mol. The number of aromatic nitrogens is 3. The molecule has 3 aromatic rings. The minimum absolute atomic E-state index is 0.0209. The van der Waals surface area contributed by atoms with Crippen LogP contribution in [0.3, 0.4) is 0 Å². The number of carbonyl (C=O) groups excluding carboxylic acids is 1. The van der Waals surface area contributed by atoms with Crippen molar-refractivity contribution in [2.75, 3.05) is 30.8 Å². The smallest absolute Gasteiger partial charge is 0.233 e. The van der Waals surface area contributed by atoms with Gasteiger partial charge in [-0.25, -0.2) is 0 Å². The average molecular weight is 412 g/mol. The number of hydrogen-bond acceptors (Lipinski definition) is 6. The third kappa shape index (κ3) is 4.48. The Bertz CT molecular complexity index is 946. The summed E-state index contributed by atoms with van der Waals surface area (Å²) >= 11 is 1.42. The van der Waals surface area contributed by atoms with Crippen LogP contribution in [-0.4, -0.2) is 51.5 Å². The molecule has 0 spiro atoms. The fourth-order valence-electron chi connectivity index (χ4n) is 3.36. The molecular formula is C21H25N5O2S. The maximum absolute atomic E-state index is 12.6. The fraction of sp³-hybridized carbons (Fsp3) is 0.381. The van der Waals surface area contributed by atoms with Gasteiger partial charge in [0.05, 0.1) is 24.2 Å². The van der Waals surface area contributed by atoms with Crippen LogP contribution in [-0.2, 0) is 11.3 Å². The zero-order chi connectivity index (χ0) is 20.2. The topological polar surface area (TPSA) is 67.4 Å². The molecule has 1 aliphatic rings. The zero-order valence-corrected chi connectivity index (χ0v) is 17.6. The first-order valence-corrected chi connectivity index (χ1v) is 10.8. The SMILES string of the molecule is Cc1ccc(-n2c(SCC(=O)N(C)Cc3ccco3)nnc2N2CCCC2)cc1. The van der Waals surface area contributed by atoms with Crippen LogP contribution < -0.4 is 4.90 Å². The van der Waals surface area contributed by atoms with Crippen LogP contribution in [0.4, 0.5) is 5.95 Å². The van der Waals surface area contributed by atoms with Gasteiger partial charge in [0, 0.05) is 20.1 Å². The number of hydrogen-bond donors (Lipinski definition) is 0. The quantitative estimate of drug-likeness (QED) is 0.554. The van der Waals surface area contributed by atoms with E-state index in [0.717, 1.165) is 35.6 Å². The molecule has 2 aromatic heterocycles. The minimum Gasteiger partial charge on any atom is -0.467 e. The number of anilines is 1. The largest absolute Gasteiger partial charge is 0.467 e. The molecule has 0 N–H and O–H groups in total. The van der Waals surface area contributed by atoms with Crippen LogP contribution in [0.1, 0.15) is 24.2 Å². The summed E-state index contributed by atoms with van der Waals surface area (Å²) in [5, 5.41) is 9.60. The second kappa shape index (κ2) is 8.73.